The summed E-state index contributed by atoms with van der Waals surface area (Å²) < 4.78 is 3.87. The predicted molar refractivity (Wildman–Crippen MR) is 106 cm³/mol. The van der Waals surface area contributed by atoms with E-state index in [1.807, 2.05) is 57.8 Å². The number of rotatable bonds is 3. The van der Waals surface area contributed by atoms with E-state index in [-0.39, 0.29) is 11.9 Å². The minimum absolute atomic E-state index is 0.0394. The van der Waals surface area contributed by atoms with E-state index in [4.69, 9.17) is 0 Å². The van der Waals surface area contributed by atoms with Crippen LogP contribution >= 0.6 is 0 Å². The summed E-state index contributed by atoms with van der Waals surface area (Å²) in [4.78, 5) is 17.5. The largest absolute Gasteiger partial charge is 0.358 e. The minimum Gasteiger partial charge on any atom is -0.339 e. The fourth-order valence-corrected chi connectivity index (χ4v) is 4.11. The molecule has 0 spiro atoms. The lowest BCUT2D eigenvalue weighted by Crippen LogP contribution is -2.42. The summed E-state index contributed by atoms with van der Waals surface area (Å²) in [5.74, 6) is 0.509. The lowest BCUT2D eigenvalue weighted by molar-refractivity contribution is -0.596. The van der Waals surface area contributed by atoms with Gasteiger partial charge in [0.2, 0.25) is 0 Å². The van der Waals surface area contributed by atoms with Gasteiger partial charge in [-0.15, -0.1) is 0 Å². The first-order valence-electron chi connectivity index (χ1n) is 9.62. The van der Waals surface area contributed by atoms with Crippen molar-refractivity contribution in [2.45, 2.75) is 25.3 Å². The maximum Gasteiger partial charge on any atom is 0.358 e. The second-order valence-corrected chi connectivity index (χ2v) is 7.14. The Hall–Kier alpha value is -3.47. The first-order valence-corrected chi connectivity index (χ1v) is 9.62. The van der Waals surface area contributed by atoms with Gasteiger partial charge >= 0.3 is 11.7 Å². The van der Waals surface area contributed by atoms with Crippen LogP contribution in [0.15, 0.2) is 79.4 Å². The summed E-state index contributed by atoms with van der Waals surface area (Å²) in [5.41, 5.74) is 4.45. The minimum atomic E-state index is -0.0790. The van der Waals surface area contributed by atoms with Crippen LogP contribution in [-0.4, -0.2) is 15.3 Å². The normalized spacial score (nSPS) is 15.9. The number of carbonyl (C=O) groups excluding carboxylic acids is 1. The van der Waals surface area contributed by atoms with Crippen molar-refractivity contribution in [3.63, 3.8) is 0 Å². The zero-order chi connectivity index (χ0) is 18.9. The molecular formula is C23H21N4O+. The molecule has 3 heterocycles. The average Bonchev–Trinajstić information content (AvgIpc) is 3.14. The second-order valence-electron chi connectivity index (χ2n) is 7.14. The van der Waals surface area contributed by atoms with Gasteiger partial charge in [-0.3, -0.25) is 9.78 Å². The molecule has 5 heteroatoms. The van der Waals surface area contributed by atoms with Crippen molar-refractivity contribution in [2.75, 3.05) is 0 Å². The lowest BCUT2D eigenvalue weighted by atomic mass is 9.88. The van der Waals surface area contributed by atoms with Gasteiger partial charge in [-0.25, -0.2) is 0 Å². The van der Waals surface area contributed by atoms with Gasteiger partial charge in [0.25, 0.3) is 0 Å². The molecule has 3 aromatic heterocycles. The summed E-state index contributed by atoms with van der Waals surface area (Å²) in [6.07, 6.45) is 10.5. The first-order chi connectivity index (χ1) is 13.8. The number of nitrogens with one attached hydrogen (secondary N) is 1. The van der Waals surface area contributed by atoms with Gasteiger partial charge in [-0.1, -0.05) is 30.3 Å². The highest BCUT2D eigenvalue weighted by atomic mass is 16.2. The Bertz CT molecular complexity index is 1150. The van der Waals surface area contributed by atoms with Crippen LogP contribution < -0.4 is 9.88 Å². The monoisotopic (exact) mass is 369 g/mol. The SMILES string of the molecule is O=C(NC1CCCc2ccccc21)c1n2ccccc2c[n+]1-c1ccncc1. The highest BCUT2D eigenvalue weighted by molar-refractivity contribution is 5.90. The maximum atomic E-state index is 13.4. The fraction of sp³-hybridized carbons (Fsp3) is 0.174. The molecule has 5 rings (SSSR count). The Morgan fingerprint density at radius 1 is 1.07 bits per heavy atom. The van der Waals surface area contributed by atoms with Crippen molar-refractivity contribution in [3.05, 3.63) is 96.3 Å². The van der Waals surface area contributed by atoms with Crippen molar-refractivity contribution in [2.24, 2.45) is 0 Å². The Morgan fingerprint density at radius 2 is 1.89 bits per heavy atom. The van der Waals surface area contributed by atoms with E-state index in [1.54, 1.807) is 12.4 Å². The molecule has 0 saturated heterocycles. The van der Waals surface area contributed by atoms with Crippen LogP contribution in [0.2, 0.25) is 0 Å². The number of aromatic nitrogens is 3. The molecule has 0 bridgehead atoms. The number of pyridine rings is 2. The van der Waals surface area contributed by atoms with Gasteiger partial charge in [0, 0.05) is 24.5 Å². The number of benzene rings is 1. The van der Waals surface area contributed by atoms with Crippen molar-refractivity contribution in [3.8, 4) is 5.69 Å². The molecule has 0 fully saturated rings. The van der Waals surface area contributed by atoms with Crippen LogP contribution in [0.3, 0.4) is 0 Å². The molecule has 1 aromatic carbocycles. The van der Waals surface area contributed by atoms with E-state index >= 15 is 0 Å². The Labute approximate surface area is 163 Å². The number of aryl methyl sites for hydroxylation is 1. The van der Waals surface area contributed by atoms with Gasteiger partial charge in [0.15, 0.2) is 5.52 Å². The third kappa shape index (κ3) is 2.85. The zero-order valence-electron chi connectivity index (χ0n) is 15.5. The van der Waals surface area contributed by atoms with Gasteiger partial charge in [0.05, 0.1) is 12.2 Å². The van der Waals surface area contributed by atoms with Gasteiger partial charge in [0.1, 0.15) is 11.9 Å². The molecule has 0 radical (unpaired) electrons. The number of fused-ring (bicyclic) bond motifs is 2. The third-order valence-corrected chi connectivity index (χ3v) is 5.43. The number of hydrogen-bond donors (Lipinski definition) is 1. The van der Waals surface area contributed by atoms with Crippen LogP contribution in [0, 0.1) is 0 Å². The maximum absolute atomic E-state index is 13.4. The van der Waals surface area contributed by atoms with E-state index in [1.165, 1.54) is 11.1 Å². The van der Waals surface area contributed by atoms with Crippen LogP contribution in [0.4, 0.5) is 0 Å². The molecule has 1 N–H and O–H groups in total. The summed E-state index contributed by atoms with van der Waals surface area (Å²) in [5, 5.41) is 3.28. The van der Waals surface area contributed by atoms with Crippen LogP contribution in [-0.2, 0) is 6.42 Å². The van der Waals surface area contributed by atoms with E-state index in [0.717, 1.165) is 30.5 Å². The average molecular weight is 369 g/mol. The lowest BCUT2D eigenvalue weighted by Gasteiger charge is -2.25. The molecule has 1 unspecified atom stereocenters. The zero-order valence-corrected chi connectivity index (χ0v) is 15.5. The highest BCUT2D eigenvalue weighted by Gasteiger charge is 2.30. The van der Waals surface area contributed by atoms with Crippen LogP contribution in [0.25, 0.3) is 11.2 Å². The quantitative estimate of drug-likeness (QED) is 0.563. The van der Waals surface area contributed by atoms with Crippen molar-refractivity contribution < 1.29 is 9.36 Å². The Morgan fingerprint density at radius 3 is 2.79 bits per heavy atom. The summed E-state index contributed by atoms with van der Waals surface area (Å²) in [7, 11) is 0. The number of nitrogens with zero attached hydrogens (tertiary/aromatic N) is 3. The molecule has 5 nitrogen and oxygen atoms in total. The van der Waals surface area contributed by atoms with Crippen molar-refractivity contribution in [1.29, 1.82) is 0 Å². The first kappa shape index (κ1) is 16.7. The van der Waals surface area contributed by atoms with E-state index in [2.05, 4.69) is 28.5 Å². The Balaban J connectivity index is 1.57. The number of carbonyl (C=O) groups is 1. The number of amides is 1. The van der Waals surface area contributed by atoms with E-state index in [0.29, 0.717) is 5.82 Å². The summed E-state index contributed by atoms with van der Waals surface area (Å²) >= 11 is 0. The molecule has 138 valence electrons. The summed E-state index contributed by atoms with van der Waals surface area (Å²) in [6.45, 7) is 0. The standard InChI is InChI=1S/C23H20N4O/c28-22(25-21-10-5-7-17-6-1-2-9-20(17)21)23-26-15-4-3-8-19(26)16-27(23)18-11-13-24-14-12-18/h1-4,6,8-9,11-16,21H,5,7,10H2/p+1. The molecule has 1 aliphatic rings. The molecular weight excluding hydrogens is 348 g/mol. The smallest absolute Gasteiger partial charge is 0.339 e. The molecule has 0 saturated carbocycles. The van der Waals surface area contributed by atoms with Crippen molar-refractivity contribution in [1.82, 2.24) is 14.7 Å². The van der Waals surface area contributed by atoms with E-state index < -0.39 is 0 Å². The molecule has 28 heavy (non-hydrogen) atoms. The second kappa shape index (κ2) is 6.93. The highest BCUT2D eigenvalue weighted by Crippen LogP contribution is 2.29. The molecule has 0 aliphatic heterocycles. The number of imidazole rings is 1. The number of hydrogen-bond acceptors (Lipinski definition) is 2. The van der Waals surface area contributed by atoms with Gasteiger partial charge < -0.3 is 5.32 Å². The molecule has 1 amide bonds. The van der Waals surface area contributed by atoms with Crippen LogP contribution in [0.5, 0.6) is 0 Å². The molecule has 4 aromatic rings. The fourth-order valence-electron chi connectivity index (χ4n) is 4.11. The van der Waals surface area contributed by atoms with Crippen molar-refractivity contribution >= 4 is 11.4 Å². The molecule has 1 aliphatic carbocycles. The van der Waals surface area contributed by atoms with E-state index in [9.17, 15) is 4.79 Å². The topological polar surface area (TPSA) is 50.3 Å². The van der Waals surface area contributed by atoms with Gasteiger partial charge in [-0.2, -0.15) is 8.97 Å². The molecule has 1 atom stereocenters. The Kier molecular flexibility index (Phi) is 4.13. The predicted octanol–water partition coefficient (Wildman–Crippen LogP) is 3.42. The third-order valence-electron chi connectivity index (χ3n) is 5.43. The van der Waals surface area contributed by atoms with Gasteiger partial charge in [-0.05, 0) is 42.5 Å². The van der Waals surface area contributed by atoms with Crippen LogP contribution in [0.1, 0.15) is 40.6 Å². The summed E-state index contributed by atoms with van der Waals surface area (Å²) in [6, 6.07) is 18.2.